The van der Waals surface area contributed by atoms with Crippen LogP contribution in [0.1, 0.15) is 55.3 Å². The van der Waals surface area contributed by atoms with E-state index < -0.39 is 0 Å². The number of rotatable bonds is 6. The van der Waals surface area contributed by atoms with Crippen LogP contribution in [0.15, 0.2) is 29.8 Å². The number of benzene rings is 1. The molecule has 29 heavy (non-hydrogen) atoms. The maximum absolute atomic E-state index is 12.8. The molecular formula is C23H32N2O4. The zero-order valence-electron chi connectivity index (χ0n) is 17.5. The summed E-state index contributed by atoms with van der Waals surface area (Å²) in [5.74, 6) is 1.63. The number of nitrogens with one attached hydrogen (secondary N) is 1. The highest BCUT2D eigenvalue weighted by molar-refractivity contribution is 5.95. The van der Waals surface area contributed by atoms with Gasteiger partial charge in [0.2, 0.25) is 5.91 Å². The van der Waals surface area contributed by atoms with E-state index >= 15 is 0 Å². The van der Waals surface area contributed by atoms with Crippen molar-refractivity contribution in [3.8, 4) is 11.5 Å². The quantitative estimate of drug-likeness (QED) is 0.742. The number of amides is 2. The fourth-order valence-electron chi connectivity index (χ4n) is 4.12. The van der Waals surface area contributed by atoms with Crippen molar-refractivity contribution < 1.29 is 19.1 Å². The lowest BCUT2D eigenvalue weighted by atomic mass is 9.94. The van der Waals surface area contributed by atoms with Crippen LogP contribution in [0.2, 0.25) is 0 Å². The Bertz CT molecular complexity index is 743. The second kappa shape index (κ2) is 10.3. The van der Waals surface area contributed by atoms with Gasteiger partial charge in [0.25, 0.3) is 5.91 Å². The molecule has 0 unspecified atom stereocenters. The first-order valence-corrected chi connectivity index (χ1v) is 10.6. The minimum atomic E-state index is 0.00969. The molecule has 1 aromatic rings. The molecule has 2 fully saturated rings. The third-order valence-electron chi connectivity index (χ3n) is 5.93. The number of likely N-dealkylation sites (tertiary alicyclic amines) is 1. The summed E-state index contributed by atoms with van der Waals surface area (Å²) in [5.41, 5.74) is 1.89. The molecule has 1 saturated heterocycles. The molecule has 0 aromatic heterocycles. The fraction of sp³-hybridized carbons (Fsp3) is 0.565. The van der Waals surface area contributed by atoms with Gasteiger partial charge in [-0.15, -0.1) is 0 Å². The van der Waals surface area contributed by atoms with Gasteiger partial charge in [0.15, 0.2) is 11.5 Å². The van der Waals surface area contributed by atoms with Crippen molar-refractivity contribution in [1.29, 1.82) is 0 Å². The van der Waals surface area contributed by atoms with Gasteiger partial charge in [-0.05, 0) is 62.6 Å². The highest BCUT2D eigenvalue weighted by Gasteiger charge is 2.24. The Morgan fingerprint density at radius 3 is 2.41 bits per heavy atom. The van der Waals surface area contributed by atoms with E-state index in [4.69, 9.17) is 9.47 Å². The van der Waals surface area contributed by atoms with Gasteiger partial charge >= 0.3 is 0 Å². The van der Waals surface area contributed by atoms with Crippen LogP contribution in [0.4, 0.5) is 0 Å². The summed E-state index contributed by atoms with van der Waals surface area (Å²) in [6.07, 6.45) is 9.39. The number of carbonyl (C=O) groups is 2. The maximum atomic E-state index is 12.8. The Labute approximate surface area is 173 Å². The summed E-state index contributed by atoms with van der Waals surface area (Å²) in [6, 6.07) is 5.26. The highest BCUT2D eigenvalue weighted by atomic mass is 16.5. The van der Waals surface area contributed by atoms with Gasteiger partial charge in [0, 0.05) is 31.3 Å². The third-order valence-corrected chi connectivity index (χ3v) is 5.93. The van der Waals surface area contributed by atoms with Gasteiger partial charge in [0.1, 0.15) is 0 Å². The van der Waals surface area contributed by atoms with Crippen molar-refractivity contribution in [2.45, 2.75) is 44.9 Å². The van der Waals surface area contributed by atoms with Crippen molar-refractivity contribution in [3.63, 3.8) is 0 Å². The average Bonchev–Trinajstić information content (AvgIpc) is 2.77. The first-order chi connectivity index (χ1) is 14.1. The zero-order chi connectivity index (χ0) is 20.6. The number of carbonyl (C=O) groups excluding carboxylic acids is 2. The van der Waals surface area contributed by atoms with E-state index in [2.05, 4.69) is 5.32 Å². The van der Waals surface area contributed by atoms with Gasteiger partial charge in [0.05, 0.1) is 14.2 Å². The monoisotopic (exact) mass is 400 g/mol. The molecule has 2 amide bonds. The van der Waals surface area contributed by atoms with Crippen molar-refractivity contribution in [2.75, 3.05) is 33.9 Å². The van der Waals surface area contributed by atoms with Crippen LogP contribution in [0.5, 0.6) is 11.5 Å². The number of ether oxygens (including phenoxy) is 2. The van der Waals surface area contributed by atoms with E-state index in [0.29, 0.717) is 42.6 Å². The van der Waals surface area contributed by atoms with E-state index in [0.717, 1.165) is 25.7 Å². The molecular weight excluding hydrogens is 368 g/mol. The summed E-state index contributed by atoms with van der Waals surface area (Å²) in [4.78, 5) is 26.8. The lowest BCUT2D eigenvalue weighted by Crippen LogP contribution is -2.41. The number of nitrogens with zero attached hydrogens (tertiary/aromatic N) is 1. The third kappa shape index (κ3) is 5.75. The standard InChI is InChI=1S/C23H32N2O4/c1-28-20-9-8-19(15-21(20)29-2)23(27)25-12-10-18(11-13-25)16-24-22(26)14-17-6-4-3-5-7-17/h8-9,14-15,18H,3-7,10-13,16H2,1-2H3,(H,24,26). The Hall–Kier alpha value is -2.50. The van der Waals surface area contributed by atoms with E-state index in [9.17, 15) is 9.59 Å². The molecule has 1 N–H and O–H groups in total. The molecule has 0 radical (unpaired) electrons. The Kier molecular flexibility index (Phi) is 7.55. The van der Waals surface area contributed by atoms with E-state index in [-0.39, 0.29) is 11.8 Å². The first-order valence-electron chi connectivity index (χ1n) is 10.6. The Morgan fingerprint density at radius 1 is 1.07 bits per heavy atom. The molecule has 0 atom stereocenters. The molecule has 1 saturated carbocycles. The molecule has 1 aliphatic heterocycles. The molecule has 1 aromatic carbocycles. The lowest BCUT2D eigenvalue weighted by molar-refractivity contribution is -0.116. The molecule has 0 bridgehead atoms. The molecule has 3 rings (SSSR count). The van der Waals surface area contributed by atoms with Gasteiger partial charge in [-0.25, -0.2) is 0 Å². The van der Waals surface area contributed by atoms with Crippen LogP contribution in [0, 0.1) is 5.92 Å². The summed E-state index contributed by atoms with van der Waals surface area (Å²) in [5, 5.41) is 3.05. The Balaban J connectivity index is 1.46. The van der Waals surface area contributed by atoms with E-state index in [1.807, 2.05) is 4.90 Å². The predicted molar refractivity (Wildman–Crippen MR) is 112 cm³/mol. The number of methoxy groups -OCH3 is 2. The number of allylic oxidation sites excluding steroid dienone is 1. The molecule has 1 aliphatic carbocycles. The van der Waals surface area contributed by atoms with Crippen LogP contribution in [0.25, 0.3) is 0 Å². The zero-order valence-corrected chi connectivity index (χ0v) is 17.5. The van der Waals surface area contributed by atoms with E-state index in [1.165, 1.54) is 24.8 Å². The minimum Gasteiger partial charge on any atom is -0.493 e. The maximum Gasteiger partial charge on any atom is 0.253 e. The van der Waals surface area contributed by atoms with Gasteiger partial charge in [-0.1, -0.05) is 12.0 Å². The predicted octanol–water partition coefficient (Wildman–Crippen LogP) is 3.56. The van der Waals surface area contributed by atoms with Crippen LogP contribution < -0.4 is 14.8 Å². The molecule has 0 spiro atoms. The molecule has 158 valence electrons. The molecule has 2 aliphatic rings. The number of hydrogen-bond acceptors (Lipinski definition) is 4. The van der Waals surface area contributed by atoms with Crippen molar-refractivity contribution in [1.82, 2.24) is 10.2 Å². The van der Waals surface area contributed by atoms with Crippen LogP contribution in [-0.4, -0.2) is 50.6 Å². The molecule has 6 nitrogen and oxygen atoms in total. The van der Waals surface area contributed by atoms with Crippen LogP contribution in [0.3, 0.4) is 0 Å². The minimum absolute atomic E-state index is 0.00969. The first kappa shape index (κ1) is 21.2. The van der Waals surface area contributed by atoms with Crippen molar-refractivity contribution >= 4 is 11.8 Å². The summed E-state index contributed by atoms with van der Waals surface area (Å²) < 4.78 is 10.5. The second-order valence-corrected chi connectivity index (χ2v) is 7.91. The summed E-state index contributed by atoms with van der Waals surface area (Å²) >= 11 is 0. The largest absolute Gasteiger partial charge is 0.493 e. The van der Waals surface area contributed by atoms with Gasteiger partial charge < -0.3 is 19.7 Å². The van der Waals surface area contributed by atoms with Crippen molar-refractivity contribution in [3.05, 3.63) is 35.4 Å². The Morgan fingerprint density at radius 2 is 1.76 bits per heavy atom. The smallest absolute Gasteiger partial charge is 0.253 e. The van der Waals surface area contributed by atoms with Crippen LogP contribution >= 0.6 is 0 Å². The normalized spacial score (nSPS) is 17.6. The lowest BCUT2D eigenvalue weighted by Gasteiger charge is -2.32. The second-order valence-electron chi connectivity index (χ2n) is 7.91. The number of piperidine rings is 1. The molecule has 1 heterocycles. The van der Waals surface area contributed by atoms with E-state index in [1.54, 1.807) is 38.5 Å². The fourth-order valence-corrected chi connectivity index (χ4v) is 4.12. The van der Waals surface area contributed by atoms with Crippen LogP contribution in [-0.2, 0) is 4.79 Å². The highest BCUT2D eigenvalue weighted by Crippen LogP contribution is 2.29. The summed E-state index contributed by atoms with van der Waals surface area (Å²) in [6.45, 7) is 2.09. The van der Waals surface area contributed by atoms with Gasteiger partial charge in [-0.2, -0.15) is 0 Å². The summed E-state index contributed by atoms with van der Waals surface area (Å²) in [7, 11) is 3.14. The molecule has 6 heteroatoms. The average molecular weight is 401 g/mol. The topological polar surface area (TPSA) is 67.9 Å². The number of hydrogen-bond donors (Lipinski definition) is 1. The SMILES string of the molecule is COc1ccc(C(=O)N2CCC(CNC(=O)C=C3CCCCC3)CC2)cc1OC. The van der Waals surface area contributed by atoms with Gasteiger partial charge in [-0.3, -0.25) is 9.59 Å². The van der Waals surface area contributed by atoms with Crippen molar-refractivity contribution in [2.24, 2.45) is 5.92 Å².